The number of nitrogens with two attached hydrogens (primary N) is 1. The van der Waals surface area contributed by atoms with E-state index in [2.05, 4.69) is 29.3 Å². The number of nitrogens with zero attached hydrogens (tertiary/aromatic N) is 2. The molecule has 1 fully saturated rings. The van der Waals surface area contributed by atoms with E-state index in [9.17, 15) is 0 Å². The van der Waals surface area contributed by atoms with Crippen LogP contribution >= 0.6 is 0 Å². The summed E-state index contributed by atoms with van der Waals surface area (Å²) >= 11 is 0. The third kappa shape index (κ3) is 2.36. The van der Waals surface area contributed by atoms with Crippen molar-refractivity contribution in [1.29, 1.82) is 0 Å². The first-order valence-corrected chi connectivity index (χ1v) is 6.17. The van der Waals surface area contributed by atoms with Crippen LogP contribution in [0.5, 0.6) is 0 Å². The van der Waals surface area contributed by atoms with Crippen LogP contribution < -0.4 is 11.1 Å². The molecule has 1 saturated carbocycles. The quantitative estimate of drug-likeness (QED) is 0.835. The van der Waals surface area contributed by atoms with Gasteiger partial charge in [-0.15, -0.1) is 0 Å². The van der Waals surface area contributed by atoms with Gasteiger partial charge in [-0.1, -0.05) is 0 Å². The van der Waals surface area contributed by atoms with Gasteiger partial charge in [-0.3, -0.25) is 0 Å². The van der Waals surface area contributed by atoms with Gasteiger partial charge in [0.1, 0.15) is 5.82 Å². The molecule has 4 nitrogen and oxygen atoms in total. The van der Waals surface area contributed by atoms with Crippen molar-refractivity contribution < 1.29 is 0 Å². The van der Waals surface area contributed by atoms with E-state index in [4.69, 9.17) is 5.73 Å². The molecule has 0 unspecified atom stereocenters. The maximum absolute atomic E-state index is 5.88. The average molecular weight is 234 g/mol. The normalized spacial score (nSPS) is 17.9. The Bertz CT molecular complexity index is 396. The van der Waals surface area contributed by atoms with Crippen LogP contribution in [0.25, 0.3) is 0 Å². The van der Waals surface area contributed by atoms with Gasteiger partial charge in [0.05, 0.1) is 0 Å². The molecule has 0 spiro atoms. The van der Waals surface area contributed by atoms with Crippen LogP contribution in [0, 0.1) is 6.92 Å². The monoisotopic (exact) mass is 234 g/mol. The molecule has 4 heteroatoms. The van der Waals surface area contributed by atoms with Gasteiger partial charge in [-0.05, 0) is 45.8 Å². The zero-order valence-corrected chi connectivity index (χ0v) is 11.0. The zero-order chi connectivity index (χ0) is 12.5. The van der Waals surface area contributed by atoms with E-state index >= 15 is 0 Å². The molecule has 3 N–H and O–H groups in total. The highest BCUT2D eigenvalue weighted by Gasteiger charge is 2.38. The summed E-state index contributed by atoms with van der Waals surface area (Å²) in [5.74, 6) is 0.876. The fourth-order valence-corrected chi connectivity index (χ4v) is 2.26. The number of anilines is 2. The molecule has 0 atom stereocenters. The lowest BCUT2D eigenvalue weighted by Gasteiger charge is -2.47. The zero-order valence-electron chi connectivity index (χ0n) is 11.0. The molecule has 0 aliphatic heterocycles. The van der Waals surface area contributed by atoms with Crippen LogP contribution in [0.4, 0.5) is 11.5 Å². The lowest BCUT2D eigenvalue weighted by atomic mass is 9.75. The third-order valence-electron chi connectivity index (χ3n) is 3.98. The number of aromatic nitrogens is 1. The Morgan fingerprint density at radius 1 is 1.47 bits per heavy atom. The number of likely N-dealkylation sites (N-methyl/N-ethyl adjacent to an activating group) is 1. The largest absolute Gasteiger partial charge is 0.398 e. The molecule has 1 aliphatic carbocycles. The Labute approximate surface area is 103 Å². The van der Waals surface area contributed by atoms with Gasteiger partial charge in [-0.2, -0.15) is 0 Å². The number of aryl methyl sites for hydroxylation is 1. The summed E-state index contributed by atoms with van der Waals surface area (Å²) in [6.45, 7) is 2.91. The van der Waals surface area contributed by atoms with Gasteiger partial charge >= 0.3 is 0 Å². The second-order valence-corrected chi connectivity index (χ2v) is 5.25. The summed E-state index contributed by atoms with van der Waals surface area (Å²) in [4.78, 5) is 6.67. The Morgan fingerprint density at radius 2 is 2.18 bits per heavy atom. The lowest BCUT2D eigenvalue weighted by Crippen LogP contribution is -2.54. The minimum Gasteiger partial charge on any atom is -0.398 e. The molecule has 94 valence electrons. The van der Waals surface area contributed by atoms with Gasteiger partial charge in [-0.25, -0.2) is 4.98 Å². The minimum absolute atomic E-state index is 0.307. The first-order chi connectivity index (χ1) is 8.03. The first kappa shape index (κ1) is 12.2. The molecule has 0 bridgehead atoms. The van der Waals surface area contributed by atoms with Crippen molar-refractivity contribution in [3.8, 4) is 0 Å². The molecule has 17 heavy (non-hydrogen) atoms. The highest BCUT2D eigenvalue weighted by molar-refractivity contribution is 5.53. The molecule has 1 aliphatic rings. The summed E-state index contributed by atoms with van der Waals surface area (Å²) in [7, 11) is 4.30. The molecule has 1 aromatic rings. The number of hydrogen-bond donors (Lipinski definition) is 2. The van der Waals surface area contributed by atoms with Gasteiger partial charge in [0.2, 0.25) is 0 Å². The molecule has 0 radical (unpaired) electrons. The van der Waals surface area contributed by atoms with E-state index in [1.807, 2.05) is 19.2 Å². The van der Waals surface area contributed by atoms with E-state index in [1.165, 1.54) is 19.3 Å². The van der Waals surface area contributed by atoms with Crippen molar-refractivity contribution >= 4 is 11.5 Å². The standard InChI is InChI=1S/C13H22N4/c1-10-8-15-12(7-11(10)14)16-9-13(17(2)3)5-4-6-13/h7-8H,4-6,9H2,1-3H3,(H3,14,15,16). The Balaban J connectivity index is 1.99. The Hall–Kier alpha value is -1.29. The van der Waals surface area contributed by atoms with E-state index in [-0.39, 0.29) is 0 Å². The molecular formula is C13H22N4. The second-order valence-electron chi connectivity index (χ2n) is 5.25. The predicted octanol–water partition coefficient (Wildman–Crippen LogP) is 1.87. The maximum Gasteiger partial charge on any atom is 0.128 e. The predicted molar refractivity (Wildman–Crippen MR) is 72.1 cm³/mol. The highest BCUT2D eigenvalue weighted by atomic mass is 15.2. The second kappa shape index (κ2) is 4.53. The molecule has 0 amide bonds. The SMILES string of the molecule is Cc1cnc(NCC2(N(C)C)CCC2)cc1N. The maximum atomic E-state index is 5.88. The van der Waals surface area contributed by atoms with Gasteiger partial charge in [0, 0.05) is 30.0 Å². The van der Waals surface area contributed by atoms with Crippen LogP contribution in [-0.2, 0) is 0 Å². The minimum atomic E-state index is 0.307. The summed E-state index contributed by atoms with van der Waals surface area (Å²) in [5, 5.41) is 3.40. The summed E-state index contributed by atoms with van der Waals surface area (Å²) in [6, 6.07) is 1.91. The van der Waals surface area contributed by atoms with Crippen molar-refractivity contribution in [3.05, 3.63) is 17.8 Å². The summed E-state index contributed by atoms with van der Waals surface area (Å²) < 4.78 is 0. The first-order valence-electron chi connectivity index (χ1n) is 6.17. The molecular weight excluding hydrogens is 212 g/mol. The number of rotatable bonds is 4. The van der Waals surface area contributed by atoms with E-state index in [0.29, 0.717) is 5.54 Å². The lowest BCUT2D eigenvalue weighted by molar-refractivity contribution is 0.0738. The van der Waals surface area contributed by atoms with Crippen molar-refractivity contribution in [2.75, 3.05) is 31.7 Å². The fraction of sp³-hybridized carbons (Fsp3) is 0.615. The molecule has 0 aromatic carbocycles. The molecule has 1 heterocycles. The molecule has 0 saturated heterocycles. The topological polar surface area (TPSA) is 54.2 Å². The molecule has 2 rings (SSSR count). The van der Waals surface area contributed by atoms with Gasteiger partial charge in [0.25, 0.3) is 0 Å². The van der Waals surface area contributed by atoms with Crippen molar-refractivity contribution in [2.45, 2.75) is 31.7 Å². The number of pyridine rings is 1. The Morgan fingerprint density at radius 3 is 2.65 bits per heavy atom. The average Bonchev–Trinajstić information content (AvgIpc) is 2.21. The van der Waals surface area contributed by atoms with E-state index in [0.717, 1.165) is 23.6 Å². The highest BCUT2D eigenvalue weighted by Crippen LogP contribution is 2.36. The van der Waals surface area contributed by atoms with Crippen molar-refractivity contribution in [2.24, 2.45) is 0 Å². The van der Waals surface area contributed by atoms with Crippen LogP contribution in [0.3, 0.4) is 0 Å². The summed E-state index contributed by atoms with van der Waals surface area (Å²) in [5.41, 5.74) is 8.01. The third-order valence-corrected chi connectivity index (χ3v) is 3.98. The van der Waals surface area contributed by atoms with Crippen LogP contribution in [-0.4, -0.2) is 36.1 Å². The summed E-state index contributed by atoms with van der Waals surface area (Å²) in [6.07, 6.45) is 5.66. The smallest absolute Gasteiger partial charge is 0.128 e. The van der Waals surface area contributed by atoms with Gasteiger partial charge in [0.15, 0.2) is 0 Å². The van der Waals surface area contributed by atoms with E-state index < -0.39 is 0 Å². The van der Waals surface area contributed by atoms with E-state index in [1.54, 1.807) is 0 Å². The van der Waals surface area contributed by atoms with Crippen LogP contribution in [0.2, 0.25) is 0 Å². The van der Waals surface area contributed by atoms with Crippen LogP contribution in [0.1, 0.15) is 24.8 Å². The number of hydrogen-bond acceptors (Lipinski definition) is 4. The van der Waals surface area contributed by atoms with Crippen LogP contribution in [0.15, 0.2) is 12.3 Å². The number of nitrogen functional groups attached to an aromatic ring is 1. The van der Waals surface area contributed by atoms with Crippen molar-refractivity contribution in [3.63, 3.8) is 0 Å². The molecule has 1 aromatic heterocycles. The Kier molecular flexibility index (Phi) is 3.24. The van der Waals surface area contributed by atoms with Crippen molar-refractivity contribution in [1.82, 2.24) is 9.88 Å². The fourth-order valence-electron chi connectivity index (χ4n) is 2.26. The van der Waals surface area contributed by atoms with Gasteiger partial charge < -0.3 is 16.0 Å². The number of nitrogens with one attached hydrogen (secondary N) is 1.